The van der Waals surface area contributed by atoms with Crippen LogP contribution in [0.25, 0.3) is 0 Å². The fourth-order valence-corrected chi connectivity index (χ4v) is 2.24. The highest BCUT2D eigenvalue weighted by molar-refractivity contribution is 6.76. The van der Waals surface area contributed by atoms with E-state index < -0.39 is 20.1 Å². The monoisotopic (exact) mass is 197 g/mol. The SMILES string of the molecule is C[Si](C)(C)C[C@H](N)C(=O)O.Cl. The molecule has 0 fully saturated rings. The summed E-state index contributed by atoms with van der Waals surface area (Å²) in [5, 5.41) is 8.44. The second-order valence-electron chi connectivity index (χ2n) is 3.71. The molecule has 0 unspecified atom stereocenters. The maximum atomic E-state index is 10.3. The topological polar surface area (TPSA) is 63.3 Å². The highest BCUT2D eigenvalue weighted by atomic mass is 35.5. The zero-order chi connectivity index (χ0) is 8.36. The van der Waals surface area contributed by atoms with Crippen LogP contribution in [0.4, 0.5) is 0 Å². The van der Waals surface area contributed by atoms with Gasteiger partial charge < -0.3 is 10.8 Å². The first kappa shape index (κ1) is 13.5. The third-order valence-corrected chi connectivity index (χ3v) is 2.81. The Kier molecular flexibility index (Phi) is 5.83. The standard InChI is InChI=1S/C6H15NO2Si.ClH/c1-10(2,3)4-5(7)6(8)9;/h5H,4,7H2,1-3H3,(H,8,9);1H/t5-;/m0./s1. The smallest absolute Gasteiger partial charge is 0.320 e. The quantitative estimate of drug-likeness (QED) is 0.668. The maximum Gasteiger partial charge on any atom is 0.320 e. The summed E-state index contributed by atoms with van der Waals surface area (Å²) in [6, 6.07) is -0.00540. The van der Waals surface area contributed by atoms with Crippen LogP contribution >= 0.6 is 12.4 Å². The van der Waals surface area contributed by atoms with Crippen LogP contribution in [-0.4, -0.2) is 25.2 Å². The van der Waals surface area contributed by atoms with Gasteiger partial charge in [-0.05, 0) is 6.04 Å². The number of carbonyl (C=O) groups is 1. The minimum atomic E-state index is -1.29. The molecule has 0 aliphatic rings. The number of hydrogen-bond donors (Lipinski definition) is 2. The summed E-state index contributed by atoms with van der Waals surface area (Å²) in [7, 11) is -1.29. The molecule has 5 heteroatoms. The van der Waals surface area contributed by atoms with Gasteiger partial charge in [-0.25, -0.2) is 0 Å². The Hall–Kier alpha value is -0.0631. The number of nitrogens with two attached hydrogens (primary N) is 1. The summed E-state index contributed by atoms with van der Waals surface area (Å²) in [5.74, 6) is -0.887. The molecule has 3 N–H and O–H groups in total. The van der Waals surface area contributed by atoms with E-state index in [1.807, 2.05) is 0 Å². The van der Waals surface area contributed by atoms with E-state index in [4.69, 9.17) is 10.8 Å². The molecule has 0 rings (SSSR count). The first-order valence-corrected chi connectivity index (χ1v) is 7.02. The molecule has 0 bridgehead atoms. The van der Waals surface area contributed by atoms with Crippen LogP contribution in [0, 0.1) is 0 Å². The normalized spacial score (nSPS) is 13.5. The Morgan fingerprint density at radius 1 is 1.55 bits per heavy atom. The second kappa shape index (κ2) is 4.74. The molecule has 68 valence electrons. The van der Waals surface area contributed by atoms with Crippen molar-refractivity contribution in [3.63, 3.8) is 0 Å². The summed E-state index contributed by atoms with van der Waals surface area (Å²) >= 11 is 0. The average Bonchev–Trinajstić information content (AvgIpc) is 1.60. The van der Waals surface area contributed by atoms with Gasteiger partial charge in [-0.1, -0.05) is 19.6 Å². The summed E-state index contributed by atoms with van der Waals surface area (Å²) in [4.78, 5) is 10.3. The minimum Gasteiger partial charge on any atom is -0.480 e. The van der Waals surface area contributed by atoms with Crippen molar-refractivity contribution in [1.82, 2.24) is 0 Å². The summed E-state index contributed by atoms with van der Waals surface area (Å²) in [5.41, 5.74) is 5.34. The van der Waals surface area contributed by atoms with Crippen LogP contribution in [-0.2, 0) is 4.79 Å². The number of rotatable bonds is 3. The Morgan fingerprint density at radius 3 is 2.00 bits per heavy atom. The Morgan fingerprint density at radius 2 is 1.91 bits per heavy atom. The summed E-state index contributed by atoms with van der Waals surface area (Å²) in [6.45, 7) is 6.32. The lowest BCUT2D eigenvalue weighted by Crippen LogP contribution is -2.37. The van der Waals surface area contributed by atoms with E-state index in [1.165, 1.54) is 0 Å². The van der Waals surface area contributed by atoms with Gasteiger partial charge in [0.15, 0.2) is 0 Å². The van der Waals surface area contributed by atoms with Gasteiger partial charge >= 0.3 is 5.97 Å². The zero-order valence-corrected chi connectivity index (χ0v) is 8.94. The van der Waals surface area contributed by atoms with E-state index in [1.54, 1.807) is 0 Å². The molecule has 0 aromatic carbocycles. The number of aliphatic carboxylic acids is 1. The summed E-state index contributed by atoms with van der Waals surface area (Å²) < 4.78 is 0. The summed E-state index contributed by atoms with van der Waals surface area (Å²) in [6.07, 6.45) is 0. The van der Waals surface area contributed by atoms with Crippen molar-refractivity contribution in [2.24, 2.45) is 5.73 Å². The van der Waals surface area contributed by atoms with Gasteiger partial charge in [-0.2, -0.15) is 0 Å². The van der Waals surface area contributed by atoms with Crippen LogP contribution in [0.2, 0.25) is 25.7 Å². The third-order valence-electron chi connectivity index (χ3n) is 1.15. The van der Waals surface area contributed by atoms with Crippen molar-refractivity contribution < 1.29 is 9.90 Å². The van der Waals surface area contributed by atoms with Crippen molar-refractivity contribution in [1.29, 1.82) is 0 Å². The Labute approximate surface area is 74.4 Å². The van der Waals surface area contributed by atoms with Crippen molar-refractivity contribution in [2.45, 2.75) is 31.7 Å². The molecule has 0 aromatic rings. The zero-order valence-electron chi connectivity index (χ0n) is 7.13. The van der Waals surface area contributed by atoms with E-state index in [0.717, 1.165) is 0 Å². The maximum absolute atomic E-state index is 10.3. The lowest BCUT2D eigenvalue weighted by Gasteiger charge is -2.17. The van der Waals surface area contributed by atoms with Gasteiger partial charge in [0, 0.05) is 8.07 Å². The van der Waals surface area contributed by atoms with E-state index in [2.05, 4.69) is 19.6 Å². The van der Waals surface area contributed by atoms with Gasteiger partial charge in [0.25, 0.3) is 0 Å². The highest BCUT2D eigenvalue weighted by Gasteiger charge is 2.21. The van der Waals surface area contributed by atoms with Gasteiger partial charge in [0.2, 0.25) is 0 Å². The van der Waals surface area contributed by atoms with Crippen LogP contribution in [0.3, 0.4) is 0 Å². The van der Waals surface area contributed by atoms with Crippen molar-refractivity contribution in [3.05, 3.63) is 0 Å². The van der Waals surface area contributed by atoms with Crippen LogP contribution in [0.1, 0.15) is 0 Å². The fourth-order valence-electron chi connectivity index (χ4n) is 0.747. The molecule has 0 amide bonds. The van der Waals surface area contributed by atoms with E-state index in [-0.39, 0.29) is 12.4 Å². The van der Waals surface area contributed by atoms with Gasteiger partial charge in [0.1, 0.15) is 6.04 Å². The van der Waals surface area contributed by atoms with E-state index in [9.17, 15) is 4.79 Å². The van der Waals surface area contributed by atoms with Crippen LogP contribution in [0.15, 0.2) is 0 Å². The molecule has 0 aromatic heterocycles. The molecular formula is C6H16ClNO2Si. The highest BCUT2D eigenvalue weighted by Crippen LogP contribution is 2.09. The lowest BCUT2D eigenvalue weighted by molar-refractivity contribution is -0.138. The largest absolute Gasteiger partial charge is 0.480 e. The number of halogens is 1. The molecule has 11 heavy (non-hydrogen) atoms. The number of carboxylic acids is 1. The molecule has 0 aliphatic heterocycles. The third kappa shape index (κ3) is 7.84. The number of hydrogen-bond acceptors (Lipinski definition) is 2. The second-order valence-corrected chi connectivity index (χ2v) is 9.24. The average molecular weight is 198 g/mol. The molecule has 0 saturated heterocycles. The Balaban J connectivity index is 0. The molecule has 0 heterocycles. The van der Waals surface area contributed by atoms with Gasteiger partial charge in [-0.15, -0.1) is 12.4 Å². The molecule has 0 aliphatic carbocycles. The molecule has 0 spiro atoms. The number of carboxylic acid groups (broad SMARTS) is 1. The van der Waals surface area contributed by atoms with E-state index >= 15 is 0 Å². The molecule has 0 radical (unpaired) electrons. The van der Waals surface area contributed by atoms with Crippen LogP contribution < -0.4 is 5.73 Å². The van der Waals surface area contributed by atoms with Crippen molar-refractivity contribution in [2.75, 3.05) is 0 Å². The fraction of sp³-hybridized carbons (Fsp3) is 0.833. The molecule has 0 saturated carbocycles. The van der Waals surface area contributed by atoms with Gasteiger partial charge in [0.05, 0.1) is 0 Å². The molecular weight excluding hydrogens is 182 g/mol. The first-order chi connectivity index (χ1) is 4.33. The minimum absolute atomic E-state index is 0. The predicted octanol–water partition coefficient (Wildman–Crippen LogP) is 1.16. The first-order valence-electron chi connectivity index (χ1n) is 3.31. The van der Waals surface area contributed by atoms with E-state index in [0.29, 0.717) is 6.04 Å². The predicted molar refractivity (Wildman–Crippen MR) is 51.0 cm³/mol. The van der Waals surface area contributed by atoms with Crippen LogP contribution in [0.5, 0.6) is 0 Å². The molecule has 1 atom stereocenters. The van der Waals surface area contributed by atoms with Crippen molar-refractivity contribution >= 4 is 26.5 Å². The lowest BCUT2D eigenvalue weighted by atomic mass is 10.4. The van der Waals surface area contributed by atoms with Gasteiger partial charge in [-0.3, -0.25) is 4.79 Å². The Bertz CT molecular complexity index is 135. The molecule has 3 nitrogen and oxygen atoms in total. The van der Waals surface area contributed by atoms with Crippen molar-refractivity contribution in [3.8, 4) is 0 Å².